The maximum Gasteiger partial charge on any atom is 0.0934 e. The van der Waals surface area contributed by atoms with Crippen LogP contribution in [0.15, 0.2) is 22.8 Å². The van der Waals surface area contributed by atoms with E-state index in [2.05, 4.69) is 47.0 Å². The molecule has 2 rings (SSSR count). The lowest BCUT2D eigenvalue weighted by Crippen LogP contribution is -1.88. The Morgan fingerprint density at radius 1 is 1.36 bits per heavy atom. The third kappa shape index (κ3) is 1.57. The molecule has 3 heteroatoms. The van der Waals surface area contributed by atoms with E-state index in [0.717, 1.165) is 9.99 Å². The van der Waals surface area contributed by atoms with Crippen molar-refractivity contribution in [2.75, 3.05) is 0 Å². The van der Waals surface area contributed by atoms with Crippen LogP contribution in [-0.2, 0) is 7.05 Å². The van der Waals surface area contributed by atoms with Crippen molar-refractivity contribution in [2.24, 2.45) is 7.05 Å². The first-order valence-corrected chi connectivity index (χ1v) is 5.50. The minimum Gasteiger partial charge on any atom is -0.275 e. The molecule has 1 heterocycles. The third-order valence-electron chi connectivity index (χ3n) is 2.36. The van der Waals surface area contributed by atoms with Gasteiger partial charge in [-0.3, -0.25) is 4.68 Å². The predicted molar refractivity (Wildman–Crippen MR) is 62.5 cm³/mol. The molecule has 0 N–H and O–H groups in total. The second-order valence-corrected chi connectivity index (χ2v) is 4.74. The standard InChI is InChI=1S/C11H13BrN2/c1-7(2)9-4-8-6-14(3)13-11(8)5-10(9)12/h4-7H,1-3H3. The van der Waals surface area contributed by atoms with Gasteiger partial charge in [-0.25, -0.2) is 0 Å². The topological polar surface area (TPSA) is 17.8 Å². The van der Waals surface area contributed by atoms with Crippen LogP contribution in [0.3, 0.4) is 0 Å². The van der Waals surface area contributed by atoms with Crippen LogP contribution < -0.4 is 0 Å². The molecule has 1 aromatic heterocycles. The van der Waals surface area contributed by atoms with Crippen molar-refractivity contribution in [3.05, 3.63) is 28.4 Å². The molecule has 0 fully saturated rings. The highest BCUT2D eigenvalue weighted by Crippen LogP contribution is 2.28. The number of hydrogen-bond donors (Lipinski definition) is 0. The SMILES string of the molecule is CC(C)c1cc2cn(C)nc2cc1Br. The summed E-state index contributed by atoms with van der Waals surface area (Å²) in [6, 6.07) is 4.29. The zero-order valence-electron chi connectivity index (χ0n) is 8.58. The minimum absolute atomic E-state index is 0.536. The largest absolute Gasteiger partial charge is 0.275 e. The number of hydrogen-bond acceptors (Lipinski definition) is 1. The summed E-state index contributed by atoms with van der Waals surface area (Å²) >= 11 is 3.58. The molecule has 74 valence electrons. The van der Waals surface area contributed by atoms with Crippen LogP contribution in [-0.4, -0.2) is 9.78 Å². The number of aryl methyl sites for hydroxylation is 1. The minimum atomic E-state index is 0.536. The van der Waals surface area contributed by atoms with Crippen molar-refractivity contribution in [3.8, 4) is 0 Å². The number of aromatic nitrogens is 2. The molecule has 2 nitrogen and oxygen atoms in total. The number of halogens is 1. The van der Waals surface area contributed by atoms with Gasteiger partial charge in [-0.1, -0.05) is 29.8 Å². The van der Waals surface area contributed by atoms with Crippen molar-refractivity contribution in [1.82, 2.24) is 9.78 Å². The Morgan fingerprint density at radius 2 is 2.07 bits per heavy atom. The van der Waals surface area contributed by atoms with Gasteiger partial charge in [0.25, 0.3) is 0 Å². The van der Waals surface area contributed by atoms with Crippen LogP contribution in [0.2, 0.25) is 0 Å². The van der Waals surface area contributed by atoms with Crippen LogP contribution in [0.25, 0.3) is 10.9 Å². The fraction of sp³-hybridized carbons (Fsp3) is 0.364. The summed E-state index contributed by atoms with van der Waals surface area (Å²) in [5.41, 5.74) is 2.38. The van der Waals surface area contributed by atoms with E-state index in [4.69, 9.17) is 0 Å². The molecule has 0 aliphatic rings. The van der Waals surface area contributed by atoms with Crippen LogP contribution in [0.1, 0.15) is 25.3 Å². The molecule has 0 aliphatic carbocycles. The van der Waals surface area contributed by atoms with E-state index in [1.807, 2.05) is 17.9 Å². The molecular weight excluding hydrogens is 240 g/mol. The number of nitrogens with zero attached hydrogens (tertiary/aromatic N) is 2. The van der Waals surface area contributed by atoms with Crippen LogP contribution in [0.5, 0.6) is 0 Å². The summed E-state index contributed by atoms with van der Waals surface area (Å²) in [5, 5.41) is 5.57. The summed E-state index contributed by atoms with van der Waals surface area (Å²) in [6.07, 6.45) is 2.05. The van der Waals surface area contributed by atoms with Gasteiger partial charge < -0.3 is 0 Å². The van der Waals surface area contributed by atoms with E-state index >= 15 is 0 Å². The summed E-state index contributed by atoms with van der Waals surface area (Å²) < 4.78 is 3.00. The van der Waals surface area contributed by atoms with E-state index < -0.39 is 0 Å². The second kappa shape index (κ2) is 3.39. The lowest BCUT2D eigenvalue weighted by Gasteiger charge is -2.07. The maximum absolute atomic E-state index is 4.36. The average Bonchev–Trinajstić information content (AvgIpc) is 2.42. The molecule has 0 aliphatic heterocycles. The van der Waals surface area contributed by atoms with E-state index in [0.29, 0.717) is 5.92 Å². The van der Waals surface area contributed by atoms with Gasteiger partial charge in [0.2, 0.25) is 0 Å². The van der Waals surface area contributed by atoms with Gasteiger partial charge in [-0.2, -0.15) is 5.10 Å². The summed E-state index contributed by atoms with van der Waals surface area (Å²) in [7, 11) is 1.95. The Balaban J connectivity index is 2.70. The van der Waals surface area contributed by atoms with E-state index in [-0.39, 0.29) is 0 Å². The molecule has 0 radical (unpaired) electrons. The highest BCUT2D eigenvalue weighted by molar-refractivity contribution is 9.10. The quantitative estimate of drug-likeness (QED) is 0.761. The maximum atomic E-state index is 4.36. The molecule has 0 saturated heterocycles. The fourth-order valence-electron chi connectivity index (χ4n) is 1.63. The number of benzene rings is 1. The van der Waals surface area contributed by atoms with Gasteiger partial charge >= 0.3 is 0 Å². The molecule has 0 unspecified atom stereocenters. The van der Waals surface area contributed by atoms with E-state index in [9.17, 15) is 0 Å². The molecule has 1 aromatic carbocycles. The monoisotopic (exact) mass is 252 g/mol. The Morgan fingerprint density at radius 3 is 2.71 bits per heavy atom. The predicted octanol–water partition coefficient (Wildman–Crippen LogP) is 3.46. The van der Waals surface area contributed by atoms with Crippen LogP contribution in [0.4, 0.5) is 0 Å². The zero-order valence-corrected chi connectivity index (χ0v) is 10.2. The molecule has 0 bridgehead atoms. The van der Waals surface area contributed by atoms with E-state index in [1.165, 1.54) is 10.9 Å². The van der Waals surface area contributed by atoms with Gasteiger partial charge in [0.15, 0.2) is 0 Å². The molecule has 0 amide bonds. The molecule has 0 spiro atoms. The Kier molecular flexibility index (Phi) is 2.35. The first-order valence-electron chi connectivity index (χ1n) is 4.70. The smallest absolute Gasteiger partial charge is 0.0934 e. The molecular formula is C11H13BrN2. The fourth-order valence-corrected chi connectivity index (χ4v) is 2.42. The Bertz CT molecular complexity index is 471. The first-order chi connectivity index (χ1) is 6.58. The van der Waals surface area contributed by atoms with Crippen molar-refractivity contribution in [3.63, 3.8) is 0 Å². The number of fused-ring (bicyclic) bond motifs is 1. The Labute approximate surface area is 92.0 Å². The highest BCUT2D eigenvalue weighted by Gasteiger charge is 2.08. The highest BCUT2D eigenvalue weighted by atomic mass is 79.9. The summed E-state index contributed by atoms with van der Waals surface area (Å²) in [6.45, 7) is 4.39. The van der Waals surface area contributed by atoms with Gasteiger partial charge in [0, 0.05) is 23.1 Å². The van der Waals surface area contributed by atoms with Crippen molar-refractivity contribution in [2.45, 2.75) is 19.8 Å². The van der Waals surface area contributed by atoms with Crippen molar-refractivity contribution < 1.29 is 0 Å². The van der Waals surface area contributed by atoms with Crippen molar-refractivity contribution in [1.29, 1.82) is 0 Å². The van der Waals surface area contributed by atoms with E-state index in [1.54, 1.807) is 0 Å². The van der Waals surface area contributed by atoms with Gasteiger partial charge in [-0.05, 0) is 23.6 Å². The summed E-state index contributed by atoms with van der Waals surface area (Å²) in [4.78, 5) is 0. The molecule has 14 heavy (non-hydrogen) atoms. The van der Waals surface area contributed by atoms with Gasteiger partial charge in [0.05, 0.1) is 5.52 Å². The first kappa shape index (κ1) is 9.71. The average molecular weight is 253 g/mol. The molecule has 2 aromatic rings. The van der Waals surface area contributed by atoms with Gasteiger partial charge in [-0.15, -0.1) is 0 Å². The number of rotatable bonds is 1. The normalized spacial score (nSPS) is 11.5. The van der Waals surface area contributed by atoms with Crippen molar-refractivity contribution >= 4 is 26.8 Å². The summed E-state index contributed by atoms with van der Waals surface area (Å²) in [5.74, 6) is 0.536. The second-order valence-electron chi connectivity index (χ2n) is 3.89. The lowest BCUT2D eigenvalue weighted by molar-refractivity contribution is 0.779. The zero-order chi connectivity index (χ0) is 10.3. The van der Waals surface area contributed by atoms with Gasteiger partial charge in [0.1, 0.15) is 0 Å². The molecule has 0 atom stereocenters. The van der Waals surface area contributed by atoms with Crippen LogP contribution >= 0.6 is 15.9 Å². The third-order valence-corrected chi connectivity index (χ3v) is 3.05. The Hall–Kier alpha value is -0.830. The lowest BCUT2D eigenvalue weighted by atomic mass is 10.0. The molecule has 0 saturated carbocycles. The van der Waals surface area contributed by atoms with Crippen LogP contribution in [0, 0.1) is 0 Å².